The molecule has 6 heteroatoms. The van der Waals surface area contributed by atoms with E-state index in [9.17, 15) is 14.4 Å². The minimum Gasteiger partial charge on any atom is -0.462 e. The zero-order valence-corrected chi connectivity index (χ0v) is 47.6. The van der Waals surface area contributed by atoms with E-state index in [1.807, 2.05) is 0 Å². The molecule has 0 aromatic heterocycles. The van der Waals surface area contributed by atoms with Gasteiger partial charge in [0.1, 0.15) is 13.2 Å². The van der Waals surface area contributed by atoms with Crippen LogP contribution in [0.3, 0.4) is 0 Å². The van der Waals surface area contributed by atoms with Gasteiger partial charge in [0.2, 0.25) is 0 Å². The fourth-order valence-corrected chi connectivity index (χ4v) is 8.22. The van der Waals surface area contributed by atoms with E-state index in [0.29, 0.717) is 12.8 Å². The van der Waals surface area contributed by atoms with Crippen molar-refractivity contribution >= 4 is 17.9 Å². The van der Waals surface area contributed by atoms with Gasteiger partial charge in [-0.1, -0.05) is 259 Å². The number of carbonyl (C=O) groups is 3. The van der Waals surface area contributed by atoms with Crippen molar-refractivity contribution in [2.75, 3.05) is 13.2 Å². The van der Waals surface area contributed by atoms with Crippen LogP contribution in [0.2, 0.25) is 0 Å². The Labute approximate surface area is 450 Å². The van der Waals surface area contributed by atoms with E-state index in [1.54, 1.807) is 0 Å². The first-order chi connectivity index (χ1) is 36.0. The molecule has 6 nitrogen and oxygen atoms in total. The minimum atomic E-state index is -0.810. The third-order valence-corrected chi connectivity index (χ3v) is 12.8. The highest BCUT2D eigenvalue weighted by Gasteiger charge is 2.19. The molecule has 0 aliphatic carbocycles. The molecule has 416 valence electrons. The van der Waals surface area contributed by atoms with Crippen LogP contribution in [0.25, 0.3) is 0 Å². The highest BCUT2D eigenvalue weighted by atomic mass is 16.6. The van der Waals surface area contributed by atoms with Crippen molar-refractivity contribution in [3.8, 4) is 0 Å². The predicted molar refractivity (Wildman–Crippen MR) is 316 cm³/mol. The summed E-state index contributed by atoms with van der Waals surface area (Å²) >= 11 is 0. The smallest absolute Gasteiger partial charge is 0.306 e. The molecule has 0 rings (SSSR count). The summed E-state index contributed by atoms with van der Waals surface area (Å²) in [4.78, 5) is 38.3. The van der Waals surface area contributed by atoms with Crippen LogP contribution < -0.4 is 0 Å². The molecule has 0 unspecified atom stereocenters. The van der Waals surface area contributed by atoms with Gasteiger partial charge in [0.25, 0.3) is 0 Å². The largest absolute Gasteiger partial charge is 0.462 e. The van der Waals surface area contributed by atoms with Crippen molar-refractivity contribution in [3.63, 3.8) is 0 Å². The van der Waals surface area contributed by atoms with E-state index >= 15 is 0 Å². The summed E-state index contributed by atoms with van der Waals surface area (Å²) in [7, 11) is 0. The number of unbranched alkanes of at least 4 members (excludes halogenated alkanes) is 25. The summed E-state index contributed by atoms with van der Waals surface area (Å²) in [6, 6.07) is 0. The second-order valence-corrected chi connectivity index (χ2v) is 19.9. The van der Waals surface area contributed by atoms with E-state index < -0.39 is 6.10 Å². The number of rotatable bonds is 54. The lowest BCUT2D eigenvalue weighted by atomic mass is 10.0. The Kier molecular flexibility index (Phi) is 57.4. The van der Waals surface area contributed by atoms with E-state index in [4.69, 9.17) is 14.2 Å². The standard InChI is InChI=1S/C67H112O6/c1-4-7-10-13-16-19-22-25-28-31-33-36-39-42-45-48-51-54-57-60-66(69)72-63-64(62-71-65(68)59-56-53-50-47-44-41-38-35-30-27-24-21-18-15-12-9-6-3)73-67(70)61-58-55-52-49-46-43-40-37-34-32-29-26-23-20-17-14-11-8-5-2/h7,10,16-17,19-20,25-26,28-29,33-34,36-37,42-43,45-46,64H,4-6,8-9,11-15,18,21-24,27,30-32,35,38-41,44,47-63H2,1-3H3/b10-7-,19-16-,20-17-,28-25-,29-26-,36-33-,37-34-,45-42-,46-43-/t64-/m1/s1. The van der Waals surface area contributed by atoms with Crippen molar-refractivity contribution in [2.45, 2.75) is 284 Å². The SMILES string of the molecule is CC/C=C\C/C=C\C/C=C\C/C=C\C/C=C\CCCCCC(=O)OC[C@@H](COC(=O)CCCCCCCCCCCCCCCCCCC)OC(=O)CCCCC/C=C\C/C=C\C/C=C\C/C=C\CCCCC. The zero-order chi connectivity index (χ0) is 52.9. The Morgan fingerprint density at radius 1 is 0.288 bits per heavy atom. The molecule has 0 radical (unpaired) electrons. The van der Waals surface area contributed by atoms with Gasteiger partial charge in [0.05, 0.1) is 0 Å². The lowest BCUT2D eigenvalue weighted by molar-refractivity contribution is -0.167. The van der Waals surface area contributed by atoms with Crippen LogP contribution in [-0.4, -0.2) is 37.2 Å². The van der Waals surface area contributed by atoms with Gasteiger partial charge in [0.15, 0.2) is 6.10 Å². The number of hydrogen-bond donors (Lipinski definition) is 0. The average molecular weight is 1010 g/mol. The summed E-state index contributed by atoms with van der Waals surface area (Å²) < 4.78 is 16.9. The second kappa shape index (κ2) is 60.6. The van der Waals surface area contributed by atoms with Gasteiger partial charge in [-0.3, -0.25) is 14.4 Å². The summed E-state index contributed by atoms with van der Waals surface area (Å²) in [6.07, 6.45) is 82.2. The molecule has 0 fully saturated rings. The van der Waals surface area contributed by atoms with Crippen LogP contribution in [0.5, 0.6) is 0 Å². The Bertz CT molecular complexity index is 1490. The molecule has 1 atom stereocenters. The van der Waals surface area contributed by atoms with Crippen molar-refractivity contribution in [2.24, 2.45) is 0 Å². The van der Waals surface area contributed by atoms with E-state index in [2.05, 4.69) is 130 Å². The van der Waals surface area contributed by atoms with Gasteiger partial charge < -0.3 is 14.2 Å². The maximum Gasteiger partial charge on any atom is 0.306 e. The van der Waals surface area contributed by atoms with Crippen LogP contribution in [-0.2, 0) is 28.6 Å². The van der Waals surface area contributed by atoms with Gasteiger partial charge in [-0.25, -0.2) is 0 Å². The van der Waals surface area contributed by atoms with Gasteiger partial charge in [-0.2, -0.15) is 0 Å². The molecule has 0 heterocycles. The van der Waals surface area contributed by atoms with Crippen LogP contribution in [0.1, 0.15) is 278 Å². The number of esters is 3. The van der Waals surface area contributed by atoms with Crippen molar-refractivity contribution < 1.29 is 28.6 Å². The summed E-state index contributed by atoms with van der Waals surface area (Å²) in [6.45, 7) is 6.46. The molecule has 0 aromatic carbocycles. The molecule has 73 heavy (non-hydrogen) atoms. The lowest BCUT2D eigenvalue weighted by Crippen LogP contribution is -2.30. The van der Waals surface area contributed by atoms with Crippen LogP contribution in [0.15, 0.2) is 109 Å². The third kappa shape index (κ3) is 58.8. The quantitative estimate of drug-likeness (QED) is 0.0261. The highest BCUT2D eigenvalue weighted by molar-refractivity contribution is 5.71. The van der Waals surface area contributed by atoms with E-state index in [1.165, 1.54) is 116 Å². The molecule has 0 aliphatic heterocycles. The Hall–Kier alpha value is -3.93. The normalized spacial score (nSPS) is 12.9. The van der Waals surface area contributed by atoms with Crippen LogP contribution in [0, 0.1) is 0 Å². The summed E-state index contributed by atoms with van der Waals surface area (Å²) in [5, 5.41) is 0. The van der Waals surface area contributed by atoms with Crippen molar-refractivity contribution in [1.82, 2.24) is 0 Å². The van der Waals surface area contributed by atoms with Gasteiger partial charge in [-0.05, 0) is 109 Å². The van der Waals surface area contributed by atoms with Gasteiger partial charge in [0, 0.05) is 19.3 Å². The minimum absolute atomic E-state index is 0.101. The predicted octanol–water partition coefficient (Wildman–Crippen LogP) is 20.7. The second-order valence-electron chi connectivity index (χ2n) is 19.9. The zero-order valence-electron chi connectivity index (χ0n) is 47.6. The van der Waals surface area contributed by atoms with E-state index in [0.717, 1.165) is 122 Å². The van der Waals surface area contributed by atoms with Gasteiger partial charge >= 0.3 is 17.9 Å². The lowest BCUT2D eigenvalue weighted by Gasteiger charge is -2.18. The molecular formula is C67H112O6. The average Bonchev–Trinajstić information content (AvgIpc) is 3.39. The molecule has 0 aliphatic rings. The Morgan fingerprint density at radius 2 is 0.534 bits per heavy atom. The highest BCUT2D eigenvalue weighted by Crippen LogP contribution is 2.16. The number of carbonyl (C=O) groups excluding carboxylic acids is 3. The first-order valence-corrected chi connectivity index (χ1v) is 30.4. The third-order valence-electron chi connectivity index (χ3n) is 12.8. The molecule has 0 spiro atoms. The summed E-state index contributed by atoms with van der Waals surface area (Å²) in [5.41, 5.74) is 0. The monoisotopic (exact) mass is 1010 g/mol. The molecule has 0 saturated carbocycles. The Balaban J connectivity index is 4.51. The van der Waals surface area contributed by atoms with Crippen LogP contribution >= 0.6 is 0 Å². The molecule has 0 bridgehead atoms. The van der Waals surface area contributed by atoms with Crippen molar-refractivity contribution in [3.05, 3.63) is 109 Å². The number of hydrogen-bond acceptors (Lipinski definition) is 6. The molecule has 0 N–H and O–H groups in total. The molecule has 0 amide bonds. The number of allylic oxidation sites excluding steroid dienone is 18. The molecule has 0 aromatic rings. The fourth-order valence-electron chi connectivity index (χ4n) is 8.22. The molecular weight excluding hydrogens is 901 g/mol. The maximum atomic E-state index is 12.9. The van der Waals surface area contributed by atoms with Gasteiger partial charge in [-0.15, -0.1) is 0 Å². The first-order valence-electron chi connectivity index (χ1n) is 30.4. The van der Waals surface area contributed by atoms with Crippen LogP contribution in [0.4, 0.5) is 0 Å². The van der Waals surface area contributed by atoms with Crippen molar-refractivity contribution in [1.29, 1.82) is 0 Å². The van der Waals surface area contributed by atoms with E-state index in [-0.39, 0.29) is 37.5 Å². The first kappa shape index (κ1) is 69.1. The number of ether oxygens (including phenoxy) is 3. The fraction of sp³-hybridized carbons (Fsp3) is 0.687. The maximum absolute atomic E-state index is 12.9. The Morgan fingerprint density at radius 3 is 0.863 bits per heavy atom. The summed E-state index contributed by atoms with van der Waals surface area (Å²) in [5.74, 6) is -0.960. The topological polar surface area (TPSA) is 78.9 Å². The molecule has 0 saturated heterocycles.